The number of fused-ring (bicyclic) bond motifs is 1. The Hall–Kier alpha value is 0.0169. The number of rotatable bonds is 4. The summed E-state index contributed by atoms with van der Waals surface area (Å²) in [5.74, 6) is -0.682. The van der Waals surface area contributed by atoms with Crippen LogP contribution in [-0.4, -0.2) is 50.4 Å². The normalized spacial score (nSPS) is 36.0. The number of aliphatic hydroxyl groups excluding tert-OH is 1. The predicted octanol–water partition coefficient (Wildman–Crippen LogP) is 2.64. The van der Waals surface area contributed by atoms with Gasteiger partial charge in [-0.05, 0) is 38.4 Å². The van der Waals surface area contributed by atoms with Gasteiger partial charge in [0.2, 0.25) is 0 Å². The second-order valence-corrected chi connectivity index (χ2v) is 12.8. The standard InChI is InChI=1S/C15H30O5Si/c1-14(2,3)21(6,7)17-9-8-10-11(16)12-13(18-10)20-15(4,5)19-12/h10-13,16H,8-9H2,1-7H3/t10-,11-,12-,13-/m1/s1. The van der Waals surface area contributed by atoms with Crippen molar-refractivity contribution in [2.24, 2.45) is 0 Å². The Bertz CT molecular complexity index is 377. The van der Waals surface area contributed by atoms with Crippen LogP contribution in [0.1, 0.15) is 41.0 Å². The maximum atomic E-state index is 10.3. The zero-order chi connectivity index (χ0) is 16.1. The maximum Gasteiger partial charge on any atom is 0.191 e. The van der Waals surface area contributed by atoms with Crippen LogP contribution in [0.25, 0.3) is 0 Å². The van der Waals surface area contributed by atoms with Crippen molar-refractivity contribution in [3.8, 4) is 0 Å². The lowest BCUT2D eigenvalue weighted by molar-refractivity contribution is -0.215. The quantitative estimate of drug-likeness (QED) is 0.808. The Morgan fingerprint density at radius 3 is 2.33 bits per heavy atom. The molecule has 0 spiro atoms. The third kappa shape index (κ3) is 3.68. The van der Waals surface area contributed by atoms with Gasteiger partial charge in [0.25, 0.3) is 0 Å². The van der Waals surface area contributed by atoms with Gasteiger partial charge in [0, 0.05) is 6.61 Å². The van der Waals surface area contributed by atoms with E-state index in [1.165, 1.54) is 0 Å². The average molecular weight is 318 g/mol. The van der Waals surface area contributed by atoms with Crippen molar-refractivity contribution in [1.29, 1.82) is 0 Å². The molecule has 0 unspecified atom stereocenters. The molecule has 5 nitrogen and oxygen atoms in total. The molecular weight excluding hydrogens is 288 g/mol. The van der Waals surface area contributed by atoms with Crippen molar-refractivity contribution in [1.82, 2.24) is 0 Å². The highest BCUT2D eigenvalue weighted by molar-refractivity contribution is 6.74. The van der Waals surface area contributed by atoms with Crippen LogP contribution < -0.4 is 0 Å². The molecular formula is C15H30O5Si. The largest absolute Gasteiger partial charge is 0.417 e. The summed E-state index contributed by atoms with van der Waals surface area (Å²) in [6.45, 7) is 15.4. The Balaban J connectivity index is 1.82. The lowest BCUT2D eigenvalue weighted by atomic mass is 10.1. The molecule has 4 atom stereocenters. The molecule has 2 heterocycles. The maximum absolute atomic E-state index is 10.3. The molecule has 2 aliphatic rings. The van der Waals surface area contributed by atoms with E-state index in [0.717, 1.165) is 0 Å². The molecule has 2 fully saturated rings. The SMILES string of the molecule is CC1(C)O[C@H]2O[C@H](CCO[Si](C)(C)C(C)(C)C)[C@@H](O)[C@H]2O1. The molecule has 0 aromatic rings. The fourth-order valence-electron chi connectivity index (χ4n) is 2.44. The minimum Gasteiger partial charge on any atom is -0.417 e. The van der Waals surface area contributed by atoms with Crippen LogP contribution in [0.3, 0.4) is 0 Å². The van der Waals surface area contributed by atoms with E-state index in [1.54, 1.807) is 0 Å². The number of hydrogen-bond acceptors (Lipinski definition) is 5. The van der Waals surface area contributed by atoms with Gasteiger partial charge in [0.15, 0.2) is 20.4 Å². The molecule has 2 aliphatic heterocycles. The van der Waals surface area contributed by atoms with E-state index in [1.807, 2.05) is 13.8 Å². The van der Waals surface area contributed by atoms with E-state index >= 15 is 0 Å². The highest BCUT2D eigenvalue weighted by atomic mass is 28.4. The molecule has 2 saturated heterocycles. The van der Waals surface area contributed by atoms with E-state index in [9.17, 15) is 5.11 Å². The summed E-state index contributed by atoms with van der Waals surface area (Å²) in [4.78, 5) is 0. The zero-order valence-corrected chi connectivity index (χ0v) is 15.3. The molecule has 21 heavy (non-hydrogen) atoms. The van der Waals surface area contributed by atoms with E-state index in [2.05, 4.69) is 33.9 Å². The smallest absolute Gasteiger partial charge is 0.191 e. The van der Waals surface area contributed by atoms with Gasteiger partial charge in [0.1, 0.15) is 12.2 Å². The summed E-state index contributed by atoms with van der Waals surface area (Å²) in [5.41, 5.74) is 0. The van der Waals surface area contributed by atoms with Gasteiger partial charge in [0.05, 0.1) is 6.10 Å². The number of ether oxygens (including phenoxy) is 3. The summed E-state index contributed by atoms with van der Waals surface area (Å²) in [7, 11) is -1.75. The summed E-state index contributed by atoms with van der Waals surface area (Å²) >= 11 is 0. The van der Waals surface area contributed by atoms with E-state index < -0.39 is 32.6 Å². The van der Waals surface area contributed by atoms with Crippen LogP contribution in [0.2, 0.25) is 18.1 Å². The minimum absolute atomic E-state index is 0.189. The van der Waals surface area contributed by atoms with Gasteiger partial charge in [-0.2, -0.15) is 0 Å². The lowest BCUT2D eigenvalue weighted by Crippen LogP contribution is -2.42. The van der Waals surface area contributed by atoms with Gasteiger partial charge in [-0.3, -0.25) is 0 Å². The van der Waals surface area contributed by atoms with Crippen LogP contribution in [0.5, 0.6) is 0 Å². The highest BCUT2D eigenvalue weighted by Gasteiger charge is 2.54. The Labute approximate surface area is 129 Å². The monoisotopic (exact) mass is 318 g/mol. The van der Waals surface area contributed by atoms with Crippen molar-refractivity contribution in [2.45, 2.75) is 89.6 Å². The lowest BCUT2D eigenvalue weighted by Gasteiger charge is -2.36. The van der Waals surface area contributed by atoms with Gasteiger partial charge in [-0.1, -0.05) is 20.8 Å². The molecule has 0 aromatic carbocycles. The van der Waals surface area contributed by atoms with Crippen molar-refractivity contribution in [2.75, 3.05) is 6.61 Å². The Morgan fingerprint density at radius 1 is 1.19 bits per heavy atom. The third-order valence-electron chi connectivity index (χ3n) is 4.79. The van der Waals surface area contributed by atoms with Gasteiger partial charge in [-0.15, -0.1) is 0 Å². The zero-order valence-electron chi connectivity index (χ0n) is 14.3. The Kier molecular flexibility index (Phi) is 4.62. The molecule has 0 aliphatic carbocycles. The summed E-state index contributed by atoms with van der Waals surface area (Å²) in [6, 6.07) is 0. The second-order valence-electron chi connectivity index (χ2n) is 8.03. The van der Waals surface area contributed by atoms with Gasteiger partial charge < -0.3 is 23.7 Å². The first kappa shape index (κ1) is 17.4. The predicted molar refractivity (Wildman–Crippen MR) is 82.5 cm³/mol. The average Bonchev–Trinajstić information content (AvgIpc) is 2.72. The van der Waals surface area contributed by atoms with Gasteiger partial charge >= 0.3 is 0 Å². The molecule has 0 radical (unpaired) electrons. The molecule has 0 aromatic heterocycles. The Morgan fingerprint density at radius 2 is 1.81 bits per heavy atom. The molecule has 124 valence electrons. The van der Waals surface area contributed by atoms with Crippen molar-refractivity contribution < 1.29 is 23.7 Å². The van der Waals surface area contributed by atoms with Crippen LogP contribution >= 0.6 is 0 Å². The van der Waals surface area contributed by atoms with E-state index in [0.29, 0.717) is 13.0 Å². The molecule has 1 N–H and O–H groups in total. The summed E-state index contributed by atoms with van der Waals surface area (Å²) in [6.07, 6.45) is -1.13. The fraction of sp³-hybridized carbons (Fsp3) is 1.00. The van der Waals surface area contributed by atoms with Crippen molar-refractivity contribution in [3.05, 3.63) is 0 Å². The number of aliphatic hydroxyl groups is 1. The van der Waals surface area contributed by atoms with Crippen LogP contribution in [0.4, 0.5) is 0 Å². The van der Waals surface area contributed by atoms with Gasteiger partial charge in [-0.25, -0.2) is 0 Å². The minimum atomic E-state index is -1.75. The van der Waals surface area contributed by atoms with Crippen LogP contribution in [-0.2, 0) is 18.6 Å². The second kappa shape index (κ2) is 5.58. The molecule has 2 rings (SSSR count). The first-order chi connectivity index (χ1) is 9.43. The van der Waals surface area contributed by atoms with Crippen molar-refractivity contribution >= 4 is 8.32 Å². The molecule has 6 heteroatoms. The molecule has 0 bridgehead atoms. The van der Waals surface area contributed by atoms with Crippen LogP contribution in [0.15, 0.2) is 0 Å². The fourth-order valence-corrected chi connectivity index (χ4v) is 3.50. The van der Waals surface area contributed by atoms with Crippen LogP contribution in [0, 0.1) is 0 Å². The molecule has 0 amide bonds. The van der Waals surface area contributed by atoms with E-state index in [4.69, 9.17) is 18.6 Å². The first-order valence-corrected chi connectivity index (χ1v) is 10.7. The number of hydrogen-bond donors (Lipinski definition) is 1. The van der Waals surface area contributed by atoms with Crippen molar-refractivity contribution in [3.63, 3.8) is 0 Å². The molecule has 0 saturated carbocycles. The third-order valence-corrected chi connectivity index (χ3v) is 9.32. The summed E-state index contributed by atoms with van der Waals surface area (Å²) in [5, 5.41) is 10.5. The highest BCUT2D eigenvalue weighted by Crippen LogP contribution is 2.39. The summed E-state index contributed by atoms with van der Waals surface area (Å²) < 4.78 is 23.2. The van der Waals surface area contributed by atoms with E-state index in [-0.39, 0.29) is 11.1 Å². The first-order valence-electron chi connectivity index (χ1n) is 7.76. The topological polar surface area (TPSA) is 57.2 Å².